The van der Waals surface area contributed by atoms with Crippen molar-refractivity contribution in [2.24, 2.45) is 5.10 Å². The van der Waals surface area contributed by atoms with Crippen molar-refractivity contribution in [3.05, 3.63) is 23.8 Å². The number of nitrogens with one attached hydrogen (secondary N) is 2. The van der Waals surface area contributed by atoms with Gasteiger partial charge in [0.15, 0.2) is 0 Å². The Hall–Kier alpha value is -2.61. The van der Waals surface area contributed by atoms with Gasteiger partial charge in [-0.2, -0.15) is 5.10 Å². The standard InChI is InChI=1S/C15H21N3O5/c1-21-8-4-7-16-14(19)15(20)18-17-10-11-5-6-12(22-2)9-13(11)23-3/h5-6,9-10H,4,7-8H2,1-3H3,(H,16,19)(H,18,20)/b17-10+. The van der Waals surface area contributed by atoms with Crippen LogP contribution in [-0.4, -0.2) is 52.5 Å². The van der Waals surface area contributed by atoms with Gasteiger partial charge >= 0.3 is 11.8 Å². The third kappa shape index (κ3) is 6.35. The van der Waals surface area contributed by atoms with Crippen LogP contribution >= 0.6 is 0 Å². The monoisotopic (exact) mass is 323 g/mol. The van der Waals surface area contributed by atoms with Gasteiger partial charge in [0, 0.05) is 31.9 Å². The molecule has 8 heteroatoms. The lowest BCUT2D eigenvalue weighted by molar-refractivity contribution is -0.139. The molecule has 2 amide bonds. The second-order valence-electron chi connectivity index (χ2n) is 4.41. The summed E-state index contributed by atoms with van der Waals surface area (Å²) in [4.78, 5) is 23.0. The number of hydrazone groups is 1. The first-order valence-corrected chi connectivity index (χ1v) is 6.94. The molecule has 1 aromatic carbocycles. The molecule has 1 rings (SSSR count). The minimum Gasteiger partial charge on any atom is -0.497 e. The van der Waals surface area contributed by atoms with Crippen molar-refractivity contribution in [3.63, 3.8) is 0 Å². The van der Waals surface area contributed by atoms with Gasteiger partial charge in [0.25, 0.3) is 0 Å². The minimum absolute atomic E-state index is 0.357. The summed E-state index contributed by atoms with van der Waals surface area (Å²) in [5.74, 6) is -0.420. The second-order valence-corrected chi connectivity index (χ2v) is 4.41. The van der Waals surface area contributed by atoms with Crippen LogP contribution in [0.25, 0.3) is 0 Å². The Morgan fingerprint density at radius 2 is 1.96 bits per heavy atom. The fourth-order valence-electron chi connectivity index (χ4n) is 1.64. The molecule has 0 fully saturated rings. The highest BCUT2D eigenvalue weighted by Gasteiger charge is 2.11. The van der Waals surface area contributed by atoms with E-state index in [-0.39, 0.29) is 0 Å². The third-order valence-electron chi connectivity index (χ3n) is 2.83. The number of hydrogen-bond donors (Lipinski definition) is 2. The van der Waals surface area contributed by atoms with E-state index in [9.17, 15) is 9.59 Å². The average Bonchev–Trinajstić information content (AvgIpc) is 2.58. The summed E-state index contributed by atoms with van der Waals surface area (Å²) >= 11 is 0. The first kappa shape index (κ1) is 18.4. The Morgan fingerprint density at radius 1 is 1.17 bits per heavy atom. The van der Waals surface area contributed by atoms with Crippen LogP contribution in [-0.2, 0) is 14.3 Å². The number of carbonyl (C=O) groups excluding carboxylic acids is 2. The molecule has 1 aromatic rings. The second kappa shape index (κ2) is 10.2. The highest BCUT2D eigenvalue weighted by Crippen LogP contribution is 2.22. The van der Waals surface area contributed by atoms with Crippen LogP contribution < -0.4 is 20.2 Å². The summed E-state index contributed by atoms with van der Waals surface area (Å²) in [5, 5.41) is 6.20. The van der Waals surface area contributed by atoms with Crippen molar-refractivity contribution in [1.82, 2.24) is 10.7 Å². The highest BCUT2D eigenvalue weighted by atomic mass is 16.5. The lowest BCUT2D eigenvalue weighted by Crippen LogP contribution is -2.38. The quantitative estimate of drug-likeness (QED) is 0.310. The molecule has 8 nitrogen and oxygen atoms in total. The van der Waals surface area contributed by atoms with E-state index in [1.54, 1.807) is 32.4 Å². The minimum atomic E-state index is -0.842. The van der Waals surface area contributed by atoms with Crippen LogP contribution in [0, 0.1) is 0 Å². The predicted octanol–water partition coefficient (Wildman–Crippen LogP) is 0.307. The number of nitrogens with zero attached hydrogens (tertiary/aromatic N) is 1. The normalized spacial score (nSPS) is 10.4. The molecule has 0 unspecified atom stereocenters. The number of rotatable bonds is 8. The van der Waals surface area contributed by atoms with Gasteiger partial charge in [0.2, 0.25) is 0 Å². The number of methoxy groups -OCH3 is 3. The number of benzene rings is 1. The predicted molar refractivity (Wildman–Crippen MR) is 84.8 cm³/mol. The summed E-state index contributed by atoms with van der Waals surface area (Å²) in [6.07, 6.45) is 2.01. The van der Waals surface area contributed by atoms with E-state index in [1.807, 2.05) is 0 Å². The smallest absolute Gasteiger partial charge is 0.329 e. The third-order valence-corrected chi connectivity index (χ3v) is 2.83. The topological polar surface area (TPSA) is 98.2 Å². The lowest BCUT2D eigenvalue weighted by Gasteiger charge is -2.07. The molecule has 0 bridgehead atoms. The Kier molecular flexibility index (Phi) is 8.16. The van der Waals surface area contributed by atoms with Crippen LogP contribution in [0.3, 0.4) is 0 Å². The number of amides is 2. The van der Waals surface area contributed by atoms with Gasteiger partial charge in [-0.1, -0.05) is 0 Å². The molecular formula is C15H21N3O5. The largest absolute Gasteiger partial charge is 0.497 e. The summed E-state index contributed by atoms with van der Waals surface area (Å²) < 4.78 is 15.1. The van der Waals surface area contributed by atoms with Crippen molar-refractivity contribution in [1.29, 1.82) is 0 Å². The van der Waals surface area contributed by atoms with Crippen molar-refractivity contribution in [3.8, 4) is 11.5 Å². The van der Waals surface area contributed by atoms with E-state index < -0.39 is 11.8 Å². The lowest BCUT2D eigenvalue weighted by atomic mass is 10.2. The summed E-state index contributed by atoms with van der Waals surface area (Å²) in [5.41, 5.74) is 2.79. The molecular weight excluding hydrogens is 302 g/mol. The number of carbonyl (C=O) groups is 2. The van der Waals surface area contributed by atoms with Gasteiger partial charge in [0.05, 0.1) is 20.4 Å². The van der Waals surface area contributed by atoms with Crippen LogP contribution in [0.4, 0.5) is 0 Å². The molecule has 0 spiro atoms. The zero-order valence-electron chi connectivity index (χ0n) is 13.4. The fraction of sp³-hybridized carbons (Fsp3) is 0.400. The molecule has 0 saturated heterocycles. The molecule has 126 valence electrons. The van der Waals surface area contributed by atoms with Gasteiger partial charge < -0.3 is 19.5 Å². The molecule has 0 heterocycles. The van der Waals surface area contributed by atoms with Crippen molar-refractivity contribution in [2.45, 2.75) is 6.42 Å². The number of ether oxygens (including phenoxy) is 3. The maximum Gasteiger partial charge on any atom is 0.329 e. The molecule has 23 heavy (non-hydrogen) atoms. The molecule has 2 N–H and O–H groups in total. The number of hydrogen-bond acceptors (Lipinski definition) is 6. The zero-order chi connectivity index (χ0) is 17.1. The average molecular weight is 323 g/mol. The Bertz CT molecular complexity index is 560. The zero-order valence-corrected chi connectivity index (χ0v) is 13.4. The molecule has 0 aromatic heterocycles. The first-order valence-electron chi connectivity index (χ1n) is 6.94. The Labute approximate surface area is 134 Å². The maximum atomic E-state index is 11.5. The van der Waals surface area contributed by atoms with Crippen LogP contribution in [0.2, 0.25) is 0 Å². The van der Waals surface area contributed by atoms with Gasteiger partial charge in [-0.05, 0) is 18.6 Å². The van der Waals surface area contributed by atoms with E-state index >= 15 is 0 Å². The van der Waals surface area contributed by atoms with Gasteiger partial charge in [0.1, 0.15) is 11.5 Å². The van der Waals surface area contributed by atoms with E-state index in [2.05, 4.69) is 15.8 Å². The molecule has 0 aliphatic heterocycles. The van der Waals surface area contributed by atoms with Crippen molar-refractivity contribution in [2.75, 3.05) is 34.5 Å². The van der Waals surface area contributed by atoms with Crippen LogP contribution in [0.5, 0.6) is 11.5 Å². The Morgan fingerprint density at radius 3 is 2.61 bits per heavy atom. The van der Waals surface area contributed by atoms with Crippen molar-refractivity contribution >= 4 is 18.0 Å². The summed E-state index contributed by atoms with van der Waals surface area (Å²) in [7, 11) is 4.63. The van der Waals surface area contributed by atoms with E-state index in [1.165, 1.54) is 13.3 Å². The Balaban J connectivity index is 2.52. The van der Waals surface area contributed by atoms with Gasteiger partial charge in [-0.25, -0.2) is 5.43 Å². The van der Waals surface area contributed by atoms with E-state index in [4.69, 9.17) is 14.2 Å². The van der Waals surface area contributed by atoms with Gasteiger partial charge in [-0.15, -0.1) is 0 Å². The molecule has 0 aliphatic rings. The molecule has 0 aliphatic carbocycles. The molecule has 0 atom stereocenters. The summed E-state index contributed by atoms with van der Waals surface area (Å²) in [6.45, 7) is 0.868. The fourth-order valence-corrected chi connectivity index (χ4v) is 1.64. The molecule has 0 radical (unpaired) electrons. The molecule has 0 saturated carbocycles. The van der Waals surface area contributed by atoms with Crippen LogP contribution in [0.1, 0.15) is 12.0 Å². The first-order chi connectivity index (χ1) is 11.1. The summed E-state index contributed by atoms with van der Waals surface area (Å²) in [6, 6.07) is 5.14. The SMILES string of the molecule is COCCCNC(=O)C(=O)N/N=C/c1ccc(OC)cc1OC. The van der Waals surface area contributed by atoms with Crippen LogP contribution in [0.15, 0.2) is 23.3 Å². The van der Waals surface area contributed by atoms with E-state index in [0.717, 1.165) is 0 Å². The van der Waals surface area contributed by atoms with E-state index in [0.29, 0.717) is 36.6 Å². The highest BCUT2D eigenvalue weighted by molar-refractivity contribution is 6.35. The van der Waals surface area contributed by atoms with Crippen molar-refractivity contribution < 1.29 is 23.8 Å². The van der Waals surface area contributed by atoms with Gasteiger partial charge in [-0.3, -0.25) is 9.59 Å². The maximum absolute atomic E-state index is 11.5.